The van der Waals surface area contributed by atoms with Crippen LogP contribution in [-0.2, 0) is 16.0 Å². The van der Waals surface area contributed by atoms with Gasteiger partial charge in [0.25, 0.3) is 0 Å². The first kappa shape index (κ1) is 18.9. The van der Waals surface area contributed by atoms with Crippen molar-refractivity contribution in [2.45, 2.75) is 23.9 Å². The molecule has 0 bridgehead atoms. The molecule has 0 saturated heterocycles. The number of sulfone groups is 1. The summed E-state index contributed by atoms with van der Waals surface area (Å²) < 4.78 is 76.4. The Hall–Kier alpha value is -2.41. The molecule has 2 aromatic carbocycles. The van der Waals surface area contributed by atoms with Crippen LogP contribution in [0.4, 0.5) is 17.6 Å². The van der Waals surface area contributed by atoms with E-state index in [0.717, 1.165) is 36.8 Å². The molecule has 0 unspecified atom stereocenters. The van der Waals surface area contributed by atoms with E-state index >= 15 is 0 Å². The fourth-order valence-electron chi connectivity index (χ4n) is 3.47. The van der Waals surface area contributed by atoms with Gasteiger partial charge in [-0.15, -0.1) is 0 Å². The highest BCUT2D eigenvalue weighted by Crippen LogP contribution is 2.57. The van der Waals surface area contributed by atoms with Gasteiger partial charge in [0, 0.05) is 11.7 Å². The Balaban J connectivity index is 1.79. The maximum Gasteiger partial charge on any atom is 0.419 e. The second-order valence-corrected chi connectivity index (χ2v) is 9.35. The van der Waals surface area contributed by atoms with E-state index in [1.165, 1.54) is 18.2 Å². The van der Waals surface area contributed by atoms with Gasteiger partial charge in [0.05, 0.1) is 10.5 Å². The van der Waals surface area contributed by atoms with E-state index in [0.29, 0.717) is 11.1 Å². The number of alkyl halides is 3. The van der Waals surface area contributed by atoms with Gasteiger partial charge in [0.2, 0.25) is 0 Å². The summed E-state index contributed by atoms with van der Waals surface area (Å²) in [5.74, 6) is -1.31. The maximum absolute atomic E-state index is 13.7. The Morgan fingerprint density at radius 2 is 1.43 bits per heavy atom. The number of allylic oxidation sites excluding steroid dienone is 4. The SMILES string of the molecule is CS(=O)(=O)c1ccc(C2=CC3(C=C2c2ccc(F)c(C(F)(F)F)c2)CC3)cc1. The van der Waals surface area contributed by atoms with Crippen LogP contribution in [0, 0.1) is 11.2 Å². The molecule has 1 fully saturated rings. The fourth-order valence-corrected chi connectivity index (χ4v) is 4.10. The summed E-state index contributed by atoms with van der Waals surface area (Å²) in [4.78, 5) is 0.169. The van der Waals surface area contributed by atoms with Crippen LogP contribution in [0.1, 0.15) is 29.5 Å². The van der Waals surface area contributed by atoms with Gasteiger partial charge in [-0.05, 0) is 59.4 Å². The maximum atomic E-state index is 13.7. The van der Waals surface area contributed by atoms with Gasteiger partial charge in [-0.3, -0.25) is 0 Å². The minimum atomic E-state index is -4.78. The van der Waals surface area contributed by atoms with Gasteiger partial charge in [-0.1, -0.05) is 30.4 Å². The Morgan fingerprint density at radius 1 is 0.893 bits per heavy atom. The van der Waals surface area contributed by atoms with Crippen LogP contribution < -0.4 is 0 Å². The fraction of sp³-hybridized carbons (Fsp3) is 0.238. The predicted molar refractivity (Wildman–Crippen MR) is 98.6 cm³/mol. The number of rotatable bonds is 3. The third-order valence-corrected chi connectivity index (χ3v) is 6.29. The third kappa shape index (κ3) is 3.39. The molecule has 0 aliphatic heterocycles. The second-order valence-electron chi connectivity index (χ2n) is 7.34. The lowest BCUT2D eigenvalue weighted by Crippen LogP contribution is -2.08. The van der Waals surface area contributed by atoms with Crippen LogP contribution in [-0.4, -0.2) is 14.7 Å². The molecular formula is C21H16F4O2S. The molecule has 0 heterocycles. The van der Waals surface area contributed by atoms with Crippen LogP contribution >= 0.6 is 0 Å². The Labute approximate surface area is 160 Å². The van der Waals surface area contributed by atoms with Crippen LogP contribution in [0.3, 0.4) is 0 Å². The summed E-state index contributed by atoms with van der Waals surface area (Å²) in [7, 11) is -3.35. The number of hydrogen-bond donors (Lipinski definition) is 0. The molecule has 0 N–H and O–H groups in total. The van der Waals surface area contributed by atoms with Crippen molar-refractivity contribution in [1.82, 2.24) is 0 Å². The van der Waals surface area contributed by atoms with E-state index in [1.54, 1.807) is 12.1 Å². The molecule has 2 aliphatic carbocycles. The average molecular weight is 408 g/mol. The van der Waals surface area contributed by atoms with Crippen molar-refractivity contribution < 1.29 is 26.0 Å². The van der Waals surface area contributed by atoms with Gasteiger partial charge in [0.15, 0.2) is 9.84 Å². The minimum Gasteiger partial charge on any atom is -0.224 e. The van der Waals surface area contributed by atoms with E-state index in [-0.39, 0.29) is 15.9 Å². The topological polar surface area (TPSA) is 34.1 Å². The molecule has 1 spiro atoms. The smallest absolute Gasteiger partial charge is 0.224 e. The largest absolute Gasteiger partial charge is 0.419 e. The summed E-state index contributed by atoms with van der Waals surface area (Å²) in [6.07, 6.45) is 2.06. The van der Waals surface area contributed by atoms with Crippen molar-refractivity contribution in [3.8, 4) is 0 Å². The van der Waals surface area contributed by atoms with E-state index < -0.39 is 27.4 Å². The van der Waals surface area contributed by atoms with Gasteiger partial charge >= 0.3 is 6.18 Å². The van der Waals surface area contributed by atoms with Crippen molar-refractivity contribution in [3.05, 3.63) is 77.1 Å². The molecule has 0 radical (unpaired) electrons. The molecular weight excluding hydrogens is 392 g/mol. The minimum absolute atomic E-state index is 0.169. The molecule has 2 aromatic rings. The van der Waals surface area contributed by atoms with Gasteiger partial charge in [-0.2, -0.15) is 13.2 Å². The molecule has 28 heavy (non-hydrogen) atoms. The van der Waals surface area contributed by atoms with Crippen molar-refractivity contribution in [2.24, 2.45) is 5.41 Å². The van der Waals surface area contributed by atoms with Crippen LogP contribution in [0.15, 0.2) is 59.5 Å². The first-order valence-electron chi connectivity index (χ1n) is 8.62. The van der Waals surface area contributed by atoms with Crippen molar-refractivity contribution in [1.29, 1.82) is 0 Å². The lowest BCUT2D eigenvalue weighted by Gasteiger charge is -2.13. The Bertz CT molecular complexity index is 1120. The number of hydrogen-bond acceptors (Lipinski definition) is 2. The number of benzene rings is 2. The van der Waals surface area contributed by atoms with Crippen molar-refractivity contribution >= 4 is 21.0 Å². The highest BCUT2D eigenvalue weighted by molar-refractivity contribution is 7.90. The van der Waals surface area contributed by atoms with E-state index in [1.807, 2.05) is 12.2 Å². The Kier molecular flexibility index (Phi) is 4.08. The summed E-state index contributed by atoms with van der Waals surface area (Å²) >= 11 is 0. The van der Waals surface area contributed by atoms with Gasteiger partial charge in [-0.25, -0.2) is 12.8 Å². The quantitative estimate of drug-likeness (QED) is 0.628. The standard InChI is InChI=1S/C21H16F4O2S/c1-28(26,27)15-5-2-13(3-6-15)16-11-20(8-9-20)12-17(16)14-4-7-19(22)18(10-14)21(23,24)25/h2-7,10-12H,8-9H2,1H3. The highest BCUT2D eigenvalue weighted by Gasteiger charge is 2.43. The molecule has 146 valence electrons. The second kappa shape index (κ2) is 6.04. The van der Waals surface area contributed by atoms with Crippen LogP contribution in [0.2, 0.25) is 0 Å². The van der Waals surface area contributed by atoms with Gasteiger partial charge < -0.3 is 0 Å². The summed E-state index contributed by atoms with van der Waals surface area (Å²) in [5.41, 5.74) is 0.866. The molecule has 0 atom stereocenters. The van der Waals surface area contributed by atoms with E-state index in [4.69, 9.17) is 0 Å². The Morgan fingerprint density at radius 3 is 1.93 bits per heavy atom. The molecule has 2 nitrogen and oxygen atoms in total. The zero-order chi connectivity index (χ0) is 20.3. The van der Waals surface area contributed by atoms with E-state index in [2.05, 4.69) is 0 Å². The molecule has 0 amide bonds. The molecule has 2 aliphatic rings. The molecule has 1 saturated carbocycles. The monoisotopic (exact) mass is 408 g/mol. The third-order valence-electron chi connectivity index (χ3n) is 5.16. The zero-order valence-electron chi connectivity index (χ0n) is 14.8. The molecule has 4 rings (SSSR count). The zero-order valence-corrected chi connectivity index (χ0v) is 15.7. The van der Waals surface area contributed by atoms with Gasteiger partial charge in [0.1, 0.15) is 5.82 Å². The van der Waals surface area contributed by atoms with Crippen molar-refractivity contribution in [2.75, 3.05) is 6.26 Å². The van der Waals surface area contributed by atoms with Crippen LogP contribution in [0.25, 0.3) is 11.1 Å². The lowest BCUT2D eigenvalue weighted by atomic mass is 9.94. The number of halogens is 4. The lowest BCUT2D eigenvalue weighted by molar-refractivity contribution is -0.140. The van der Waals surface area contributed by atoms with Crippen LogP contribution in [0.5, 0.6) is 0 Å². The summed E-state index contributed by atoms with van der Waals surface area (Å²) in [5, 5.41) is 0. The average Bonchev–Trinajstić information content (AvgIpc) is 3.25. The summed E-state index contributed by atoms with van der Waals surface area (Å²) in [6.45, 7) is 0. The predicted octanol–water partition coefficient (Wildman–Crippen LogP) is 5.51. The normalized spacial score (nSPS) is 18.2. The van der Waals surface area contributed by atoms with E-state index in [9.17, 15) is 26.0 Å². The summed E-state index contributed by atoms with van der Waals surface area (Å²) in [6, 6.07) is 9.26. The first-order valence-corrected chi connectivity index (χ1v) is 10.5. The van der Waals surface area contributed by atoms with Crippen molar-refractivity contribution in [3.63, 3.8) is 0 Å². The molecule has 0 aromatic heterocycles. The molecule has 7 heteroatoms. The highest BCUT2D eigenvalue weighted by atomic mass is 32.2. The first-order chi connectivity index (χ1) is 13.0.